The minimum absolute atomic E-state index is 0.00622. The Morgan fingerprint density at radius 2 is 1.86 bits per heavy atom. The molecule has 1 amide bonds. The van der Waals surface area contributed by atoms with E-state index in [-0.39, 0.29) is 29.9 Å². The molecule has 1 saturated heterocycles. The fraction of sp³-hybridized carbons (Fsp3) is 0.385. The van der Waals surface area contributed by atoms with Crippen LogP contribution in [0.1, 0.15) is 29.2 Å². The number of nitrogens with zero attached hydrogens (tertiary/aromatic N) is 3. The van der Waals surface area contributed by atoms with E-state index in [4.69, 9.17) is 14.2 Å². The third-order valence-electron chi connectivity index (χ3n) is 6.80. The molecule has 0 radical (unpaired) electrons. The molecule has 1 fully saturated rings. The van der Waals surface area contributed by atoms with Gasteiger partial charge in [-0.15, -0.1) is 0 Å². The second-order valence-corrected chi connectivity index (χ2v) is 10.1. The van der Waals surface area contributed by atoms with Crippen LogP contribution in [0.3, 0.4) is 0 Å². The fourth-order valence-electron chi connectivity index (χ4n) is 4.97. The predicted octanol–water partition coefficient (Wildman–Crippen LogP) is 3.31. The molecular weight excluding hydrogens is 492 g/mol. The maximum absolute atomic E-state index is 12.7. The molecule has 3 N–H and O–H groups in total. The highest BCUT2D eigenvalue weighted by molar-refractivity contribution is 8.14. The summed E-state index contributed by atoms with van der Waals surface area (Å²) in [7, 11) is 4.62. The van der Waals surface area contributed by atoms with Crippen LogP contribution in [0.5, 0.6) is 17.2 Å². The average Bonchev–Trinajstić information content (AvgIpc) is 3.52. The van der Waals surface area contributed by atoms with Crippen molar-refractivity contribution in [2.24, 2.45) is 5.10 Å². The monoisotopic (exact) mass is 524 g/mol. The third kappa shape index (κ3) is 4.88. The van der Waals surface area contributed by atoms with Gasteiger partial charge in [0.25, 0.3) is 0 Å². The van der Waals surface area contributed by atoms with E-state index in [2.05, 4.69) is 63.2 Å². The number of aryl methyl sites for hydroxylation is 2. The van der Waals surface area contributed by atoms with Crippen LogP contribution < -0.4 is 30.4 Å². The van der Waals surface area contributed by atoms with E-state index in [1.54, 1.807) is 19.2 Å². The van der Waals surface area contributed by atoms with Crippen molar-refractivity contribution in [1.29, 1.82) is 0 Å². The number of carbonyl (C=O) groups is 1. The van der Waals surface area contributed by atoms with Crippen molar-refractivity contribution in [3.8, 4) is 17.2 Å². The van der Waals surface area contributed by atoms with E-state index in [1.165, 1.54) is 42.7 Å². The first-order chi connectivity index (χ1) is 17.9. The summed E-state index contributed by atoms with van der Waals surface area (Å²) in [6.45, 7) is 4.28. The van der Waals surface area contributed by atoms with Gasteiger partial charge < -0.3 is 29.4 Å². The summed E-state index contributed by atoms with van der Waals surface area (Å²) in [5.41, 5.74) is 11.3. The van der Waals surface area contributed by atoms with Crippen molar-refractivity contribution in [1.82, 2.24) is 20.8 Å². The summed E-state index contributed by atoms with van der Waals surface area (Å²) >= 11 is 1.38. The highest BCUT2D eigenvalue weighted by Gasteiger charge is 2.44. The molecule has 11 heteroatoms. The number of hydrogen-bond acceptors (Lipinski definition) is 10. The number of hydrazine groups is 1. The van der Waals surface area contributed by atoms with Crippen molar-refractivity contribution in [2.75, 3.05) is 32.4 Å². The number of amides is 1. The molecule has 10 nitrogen and oxygen atoms in total. The lowest BCUT2D eigenvalue weighted by Gasteiger charge is -2.36. The number of nitrogens with one attached hydrogen (secondary N) is 3. The first kappa shape index (κ1) is 25.1. The van der Waals surface area contributed by atoms with Crippen molar-refractivity contribution in [3.05, 3.63) is 59.4 Å². The van der Waals surface area contributed by atoms with Gasteiger partial charge in [-0.05, 0) is 31.4 Å². The van der Waals surface area contributed by atoms with Gasteiger partial charge in [-0.25, -0.2) is 5.43 Å². The van der Waals surface area contributed by atoms with E-state index in [9.17, 15) is 4.79 Å². The number of thioether (sulfide) groups is 1. The van der Waals surface area contributed by atoms with Gasteiger partial charge in [0.1, 0.15) is 6.17 Å². The Balaban J connectivity index is 1.20. The number of rotatable bonds is 7. The molecule has 3 unspecified atom stereocenters. The van der Waals surface area contributed by atoms with E-state index in [0.717, 1.165) is 11.6 Å². The van der Waals surface area contributed by atoms with Gasteiger partial charge in [-0.2, -0.15) is 5.10 Å². The number of ether oxygens (including phenoxy) is 3. The lowest BCUT2D eigenvalue weighted by molar-refractivity contribution is -0.113. The van der Waals surface area contributed by atoms with Gasteiger partial charge in [-0.1, -0.05) is 35.5 Å². The highest BCUT2D eigenvalue weighted by atomic mass is 32.2. The first-order valence-corrected chi connectivity index (χ1v) is 13.0. The molecule has 3 aliphatic rings. The Hall–Kier alpha value is -3.57. The lowest BCUT2D eigenvalue weighted by Crippen LogP contribution is -2.54. The van der Waals surface area contributed by atoms with Gasteiger partial charge in [0.15, 0.2) is 16.7 Å². The molecule has 196 valence electrons. The van der Waals surface area contributed by atoms with Crippen LogP contribution in [0.4, 0.5) is 5.69 Å². The summed E-state index contributed by atoms with van der Waals surface area (Å²) in [5.74, 6) is 1.47. The number of carbonyl (C=O) groups excluding carboxylic acids is 1. The van der Waals surface area contributed by atoms with E-state index in [1.807, 2.05) is 12.4 Å². The molecule has 5 rings (SSSR count). The summed E-state index contributed by atoms with van der Waals surface area (Å²) in [5, 5.41) is 10.4. The Labute approximate surface area is 221 Å². The van der Waals surface area contributed by atoms with Crippen LogP contribution in [0.15, 0.2) is 47.8 Å². The van der Waals surface area contributed by atoms with Gasteiger partial charge in [-0.3, -0.25) is 10.2 Å². The van der Waals surface area contributed by atoms with Crippen molar-refractivity contribution >= 4 is 28.5 Å². The number of benzene rings is 2. The molecule has 3 aliphatic heterocycles. The largest absolute Gasteiger partial charge is 0.493 e. The highest BCUT2D eigenvalue weighted by Crippen LogP contribution is 2.40. The lowest BCUT2D eigenvalue weighted by atomic mass is 9.95. The summed E-state index contributed by atoms with van der Waals surface area (Å²) < 4.78 is 16.1. The molecule has 0 aliphatic carbocycles. The van der Waals surface area contributed by atoms with Crippen LogP contribution >= 0.6 is 11.8 Å². The number of hydrogen-bond donors (Lipinski definition) is 3. The van der Waals surface area contributed by atoms with E-state index in [0.29, 0.717) is 22.9 Å². The Morgan fingerprint density at radius 1 is 1.11 bits per heavy atom. The molecule has 3 heterocycles. The van der Waals surface area contributed by atoms with Crippen molar-refractivity contribution in [3.63, 3.8) is 0 Å². The maximum atomic E-state index is 12.7. The van der Waals surface area contributed by atoms with Crippen LogP contribution in [0.25, 0.3) is 0 Å². The Morgan fingerprint density at radius 3 is 2.57 bits per heavy atom. The number of methoxy groups -OCH3 is 3. The average molecular weight is 525 g/mol. The molecule has 2 aromatic carbocycles. The number of hydrazone groups is 1. The van der Waals surface area contributed by atoms with Crippen LogP contribution in [0.2, 0.25) is 0 Å². The number of anilines is 1. The first-order valence-electron chi connectivity index (χ1n) is 12.1. The van der Waals surface area contributed by atoms with Crippen LogP contribution in [-0.4, -0.2) is 60.3 Å². The molecule has 3 atom stereocenters. The third-order valence-corrected chi connectivity index (χ3v) is 7.76. The normalized spacial score (nSPS) is 21.6. The minimum atomic E-state index is -0.162. The second kappa shape index (κ2) is 10.4. The molecular formula is C26H32N6O4S. The molecule has 0 bridgehead atoms. The molecule has 0 saturated carbocycles. The zero-order valence-electron chi connectivity index (χ0n) is 21.6. The summed E-state index contributed by atoms with van der Waals surface area (Å²) in [6.07, 6.45) is 4.99. The quantitative estimate of drug-likeness (QED) is 0.504. The predicted molar refractivity (Wildman–Crippen MR) is 145 cm³/mol. The van der Waals surface area contributed by atoms with E-state index < -0.39 is 0 Å². The van der Waals surface area contributed by atoms with Gasteiger partial charge in [0, 0.05) is 30.2 Å². The summed E-state index contributed by atoms with van der Waals surface area (Å²) in [6, 6.07) is 10.4. The molecule has 0 aromatic heterocycles. The molecule has 0 spiro atoms. The minimum Gasteiger partial charge on any atom is -0.493 e. The van der Waals surface area contributed by atoms with Gasteiger partial charge >= 0.3 is 0 Å². The molecule has 37 heavy (non-hydrogen) atoms. The Kier molecular flexibility index (Phi) is 7.07. The Bertz CT molecular complexity index is 1230. The summed E-state index contributed by atoms with van der Waals surface area (Å²) in [4.78, 5) is 14.9. The maximum Gasteiger partial charge on any atom is 0.234 e. The SMILES string of the molecule is COc1cc(NC(=O)CSC2=NNC3C4CC(c5cc(C)ccc5C)NN4C=CN23)cc(OC)c1OC. The van der Waals surface area contributed by atoms with Gasteiger partial charge in [0.2, 0.25) is 11.7 Å². The number of fused-ring (bicyclic) bond motifs is 3. The van der Waals surface area contributed by atoms with E-state index >= 15 is 0 Å². The second-order valence-electron chi connectivity index (χ2n) is 9.18. The number of amidine groups is 1. The topological polar surface area (TPSA) is 99.7 Å². The smallest absolute Gasteiger partial charge is 0.234 e. The zero-order chi connectivity index (χ0) is 26.1. The standard InChI is InChI=1S/C26H32N6O4S/c1-15-6-7-16(2)18(10-15)19-13-20-25-28-29-26(31(25)8-9-32(20)30-19)37-14-23(33)27-17-11-21(34-3)24(36-5)22(12-17)35-4/h6-12,19-20,25,28,30H,13-14H2,1-5H3,(H,27,33). The van der Waals surface area contributed by atoms with Crippen LogP contribution in [-0.2, 0) is 4.79 Å². The van der Waals surface area contributed by atoms with Crippen molar-refractivity contribution < 1.29 is 19.0 Å². The van der Waals surface area contributed by atoms with Crippen molar-refractivity contribution in [2.45, 2.75) is 38.5 Å². The van der Waals surface area contributed by atoms with Crippen LogP contribution in [0, 0.1) is 13.8 Å². The van der Waals surface area contributed by atoms with Gasteiger partial charge in [0.05, 0.1) is 39.2 Å². The molecule has 2 aromatic rings. The zero-order valence-corrected chi connectivity index (χ0v) is 22.4. The fourth-order valence-corrected chi connectivity index (χ4v) is 5.74.